The van der Waals surface area contributed by atoms with Gasteiger partial charge in [-0.3, -0.25) is 4.99 Å². The van der Waals surface area contributed by atoms with Gasteiger partial charge in [0.2, 0.25) is 0 Å². The third-order valence-electron chi connectivity index (χ3n) is 3.61. The van der Waals surface area contributed by atoms with E-state index in [-0.39, 0.29) is 0 Å². The summed E-state index contributed by atoms with van der Waals surface area (Å²) >= 11 is -0.556. The molecule has 0 saturated carbocycles. The van der Waals surface area contributed by atoms with E-state index in [2.05, 4.69) is 61.9 Å². The first-order chi connectivity index (χ1) is 11.7. The summed E-state index contributed by atoms with van der Waals surface area (Å²) in [7, 11) is 10.6. The zero-order valence-corrected chi connectivity index (χ0v) is 20.3. The van der Waals surface area contributed by atoms with Crippen molar-refractivity contribution < 1.29 is 22.1 Å². The topological polar surface area (TPSA) is 32.6 Å². The van der Waals surface area contributed by atoms with Gasteiger partial charge in [0.25, 0.3) is 0 Å². The van der Waals surface area contributed by atoms with Crippen LogP contribution in [0.1, 0.15) is 11.1 Å². The summed E-state index contributed by atoms with van der Waals surface area (Å²) in [6, 6.07) is 12.5. The van der Waals surface area contributed by atoms with Crippen LogP contribution in [0.5, 0.6) is 5.75 Å². The summed E-state index contributed by atoms with van der Waals surface area (Å²) in [6.45, 7) is 9.07. The van der Waals surface area contributed by atoms with Gasteiger partial charge in [-0.15, -0.1) is 0 Å². The molecule has 0 aliphatic carbocycles. The first-order valence-electron chi connectivity index (χ1n) is 7.82. The number of benzene rings is 2. The van der Waals surface area contributed by atoms with E-state index in [0.717, 1.165) is 10.9 Å². The molecule has 2 aromatic rings. The Morgan fingerprint density at radius 3 is 2.28 bits per heavy atom. The molecular weight excluding hydrogens is 424 g/mol. The molecule has 0 spiro atoms. The van der Waals surface area contributed by atoms with Crippen molar-refractivity contribution in [1.82, 2.24) is 0 Å². The van der Waals surface area contributed by atoms with Crippen molar-refractivity contribution in [2.75, 3.05) is 7.05 Å². The van der Waals surface area contributed by atoms with Crippen LogP contribution >= 0.6 is 27.2 Å². The number of aromatic hydroxyl groups is 1. The number of phenolic OH excluding ortho intramolecular Hbond substituents is 1. The van der Waals surface area contributed by atoms with Crippen molar-refractivity contribution in [1.29, 1.82) is 0 Å². The van der Waals surface area contributed by atoms with Crippen LogP contribution in [-0.4, -0.2) is 26.4 Å². The van der Waals surface area contributed by atoms with E-state index in [9.17, 15) is 5.11 Å². The molecule has 25 heavy (non-hydrogen) atoms. The Morgan fingerprint density at radius 2 is 1.72 bits per heavy atom. The van der Waals surface area contributed by atoms with Gasteiger partial charge in [-0.1, -0.05) is 63.2 Å². The standard InChI is InChI=1S/C18H24NOPSi.2ClH.Ti/c1-13-6-9-17(14(10-13)12-19-2)21-18-11-15(22(3,4)5)7-8-16(18)20;;;/h6-12,20-21H,1-5H3;2*1H;/q;;;+2/p-2. The molecule has 0 saturated heterocycles. The normalized spacial score (nSPS) is 11.6. The van der Waals surface area contributed by atoms with Gasteiger partial charge in [0.1, 0.15) is 5.75 Å². The number of aryl methyl sites for hydroxylation is 1. The van der Waals surface area contributed by atoms with Gasteiger partial charge in [0.05, 0.1) is 8.07 Å². The Bertz CT molecular complexity index is 736. The number of hydrogen-bond acceptors (Lipinski definition) is 2. The van der Waals surface area contributed by atoms with E-state index < -0.39 is 25.1 Å². The van der Waals surface area contributed by atoms with Gasteiger partial charge in [-0.05, 0) is 24.4 Å². The molecule has 134 valence electrons. The summed E-state index contributed by atoms with van der Waals surface area (Å²) in [5.74, 6) is 0.389. The number of rotatable bonds is 4. The Morgan fingerprint density at radius 1 is 1.08 bits per heavy atom. The average Bonchev–Trinajstić information content (AvgIpc) is 2.52. The number of nitrogens with zero attached hydrogens (tertiary/aromatic N) is 1. The Hall–Kier alpha value is -0.149. The van der Waals surface area contributed by atoms with Gasteiger partial charge in [0, 0.05) is 24.1 Å². The fraction of sp³-hybridized carbons (Fsp3) is 0.278. The molecule has 1 unspecified atom stereocenters. The van der Waals surface area contributed by atoms with Gasteiger partial charge in [-0.25, -0.2) is 0 Å². The monoisotopic (exact) mass is 447 g/mol. The molecule has 2 nitrogen and oxygen atoms in total. The van der Waals surface area contributed by atoms with Gasteiger partial charge in [0.15, 0.2) is 0 Å². The molecule has 0 aliphatic heterocycles. The van der Waals surface area contributed by atoms with E-state index in [1.807, 2.05) is 12.3 Å². The van der Waals surface area contributed by atoms with Gasteiger partial charge >= 0.3 is 35.6 Å². The number of hydrogen-bond donors (Lipinski definition) is 1. The molecule has 2 aromatic carbocycles. The van der Waals surface area contributed by atoms with Crippen LogP contribution in [0, 0.1) is 6.92 Å². The van der Waals surface area contributed by atoms with Crippen LogP contribution in [-0.2, 0) is 17.0 Å². The molecule has 1 atom stereocenters. The van der Waals surface area contributed by atoms with E-state index in [1.165, 1.54) is 16.1 Å². The van der Waals surface area contributed by atoms with E-state index in [0.29, 0.717) is 14.3 Å². The summed E-state index contributed by atoms with van der Waals surface area (Å²) in [5.41, 5.74) is 2.36. The molecule has 2 rings (SSSR count). The molecular formula is C18H24Cl2NOPSiTi. The Labute approximate surface area is 170 Å². The SMILES string of the molecule is CN=Cc1cc(C)ccc1Pc1cc([Si](C)(C)C)ccc1O.[Cl][Ti][Cl]. The molecule has 0 radical (unpaired) electrons. The van der Waals surface area contributed by atoms with Crippen LogP contribution in [0.15, 0.2) is 41.4 Å². The molecule has 7 heteroatoms. The quantitative estimate of drug-likeness (QED) is 0.423. The third kappa shape index (κ3) is 7.54. The van der Waals surface area contributed by atoms with Crippen LogP contribution in [0.4, 0.5) is 0 Å². The summed E-state index contributed by atoms with van der Waals surface area (Å²) in [5, 5.41) is 13.9. The zero-order chi connectivity index (χ0) is 19.0. The van der Waals surface area contributed by atoms with Crippen LogP contribution in [0.2, 0.25) is 19.6 Å². The van der Waals surface area contributed by atoms with Crippen molar-refractivity contribution in [2.24, 2.45) is 4.99 Å². The van der Waals surface area contributed by atoms with Crippen molar-refractivity contribution in [2.45, 2.75) is 26.6 Å². The fourth-order valence-electron chi connectivity index (χ4n) is 2.29. The molecule has 0 fully saturated rings. The molecule has 0 heterocycles. The maximum atomic E-state index is 10.2. The van der Waals surface area contributed by atoms with E-state index in [4.69, 9.17) is 18.6 Å². The molecule has 0 amide bonds. The fourth-order valence-corrected chi connectivity index (χ4v) is 4.77. The first kappa shape index (κ1) is 22.9. The minimum atomic E-state index is -1.38. The van der Waals surface area contributed by atoms with Crippen molar-refractivity contribution in [3.63, 3.8) is 0 Å². The molecule has 0 aromatic heterocycles. The maximum absolute atomic E-state index is 10.2. The number of phenols is 1. The number of aliphatic imine (C=N–C) groups is 1. The summed E-state index contributed by atoms with van der Waals surface area (Å²) < 4.78 is 0. The second-order valence-corrected chi connectivity index (χ2v) is 15.6. The van der Waals surface area contributed by atoms with E-state index >= 15 is 0 Å². The second kappa shape index (κ2) is 10.9. The Balaban J connectivity index is 0.000000970. The molecule has 0 aliphatic rings. The van der Waals surface area contributed by atoms with Crippen LogP contribution in [0.25, 0.3) is 0 Å². The van der Waals surface area contributed by atoms with Crippen molar-refractivity contribution >= 4 is 57.3 Å². The predicted octanol–water partition coefficient (Wildman–Crippen LogP) is 4.30. The second-order valence-electron chi connectivity index (χ2n) is 6.66. The van der Waals surface area contributed by atoms with Gasteiger partial charge in [-0.2, -0.15) is 0 Å². The van der Waals surface area contributed by atoms with E-state index in [1.54, 1.807) is 7.05 Å². The van der Waals surface area contributed by atoms with Gasteiger partial charge < -0.3 is 5.11 Å². The van der Waals surface area contributed by atoms with Crippen LogP contribution in [0.3, 0.4) is 0 Å². The average molecular weight is 448 g/mol. The zero-order valence-electron chi connectivity index (χ0n) is 15.2. The molecule has 1 N–H and O–H groups in total. The molecule has 0 bridgehead atoms. The van der Waals surface area contributed by atoms with Crippen LogP contribution < -0.4 is 15.8 Å². The summed E-state index contributed by atoms with van der Waals surface area (Å²) in [4.78, 5) is 4.15. The number of halogens is 2. The van der Waals surface area contributed by atoms with Crippen molar-refractivity contribution in [3.05, 3.63) is 47.5 Å². The minimum absolute atomic E-state index is 0.389. The summed E-state index contributed by atoms with van der Waals surface area (Å²) in [6.07, 6.45) is 1.90. The van der Waals surface area contributed by atoms with Crippen molar-refractivity contribution in [3.8, 4) is 5.75 Å². The third-order valence-corrected chi connectivity index (χ3v) is 7.04. The first-order valence-corrected chi connectivity index (χ1v) is 16.6. The Kier molecular flexibility index (Phi) is 9.95. The predicted molar refractivity (Wildman–Crippen MR) is 115 cm³/mol.